The topological polar surface area (TPSA) is 21.3 Å². The summed E-state index contributed by atoms with van der Waals surface area (Å²) >= 11 is 0. The molecule has 0 N–H and O–H groups in total. The molecule has 13 rings (SSSR count). The molecule has 2 heterocycles. The van der Waals surface area contributed by atoms with Gasteiger partial charge >= 0.3 is 0 Å². The molecule has 2 aromatic heterocycles. The van der Waals surface area contributed by atoms with Crippen LogP contribution in [-0.2, 0) is 0 Å². The van der Waals surface area contributed by atoms with Gasteiger partial charge in [-0.3, -0.25) is 0 Å². The average Bonchev–Trinajstić information content (AvgIpc) is 3.98. The molecule has 0 aliphatic carbocycles. The summed E-state index contributed by atoms with van der Waals surface area (Å²) in [5.41, 5.74) is 20.2. The molecule has 0 unspecified atom stereocenters. The minimum atomic E-state index is 0.886. The molecule has 13 aromatic rings. The molecule has 324 valence electrons. The largest absolute Gasteiger partial charge is 0.456 e. The number of hydrogen-bond acceptors (Lipinski definition) is 2. The predicted molar refractivity (Wildman–Crippen MR) is 290 cm³/mol. The van der Waals surface area contributed by atoms with Crippen molar-refractivity contribution in [3.63, 3.8) is 0 Å². The summed E-state index contributed by atoms with van der Waals surface area (Å²) < 4.78 is 8.72. The first-order chi connectivity index (χ1) is 34.2. The van der Waals surface area contributed by atoms with E-state index in [9.17, 15) is 0 Å². The van der Waals surface area contributed by atoms with Crippen LogP contribution in [0.1, 0.15) is 0 Å². The smallest absolute Gasteiger partial charge is 0.136 e. The van der Waals surface area contributed by atoms with Crippen LogP contribution in [0.5, 0.6) is 0 Å². The number of aromatic nitrogens is 1. The summed E-state index contributed by atoms with van der Waals surface area (Å²) in [6.45, 7) is 0. The highest BCUT2D eigenvalue weighted by Gasteiger charge is 2.20. The maximum Gasteiger partial charge on any atom is 0.136 e. The second-order valence-corrected chi connectivity index (χ2v) is 17.7. The first-order valence-corrected chi connectivity index (χ1v) is 23.6. The van der Waals surface area contributed by atoms with Crippen LogP contribution in [0.3, 0.4) is 0 Å². The molecule has 0 aliphatic heterocycles. The van der Waals surface area contributed by atoms with E-state index in [0.717, 1.165) is 78.1 Å². The van der Waals surface area contributed by atoms with E-state index >= 15 is 0 Å². The van der Waals surface area contributed by atoms with Crippen LogP contribution in [0.15, 0.2) is 271 Å². The van der Waals surface area contributed by atoms with Crippen molar-refractivity contribution >= 4 is 60.8 Å². The highest BCUT2D eigenvalue weighted by molar-refractivity contribution is 6.13. The lowest BCUT2D eigenvalue weighted by atomic mass is 9.97. The van der Waals surface area contributed by atoms with Gasteiger partial charge in [-0.25, -0.2) is 0 Å². The van der Waals surface area contributed by atoms with Crippen LogP contribution in [0.4, 0.5) is 17.1 Å². The molecular weight excluding hydrogens is 837 g/mol. The maximum atomic E-state index is 6.34. The quantitative estimate of drug-likeness (QED) is 0.144. The van der Waals surface area contributed by atoms with E-state index in [1.165, 1.54) is 44.1 Å². The van der Waals surface area contributed by atoms with Crippen molar-refractivity contribution in [1.82, 2.24) is 4.57 Å². The van der Waals surface area contributed by atoms with Crippen molar-refractivity contribution in [2.45, 2.75) is 0 Å². The zero-order valence-electron chi connectivity index (χ0n) is 37.7. The van der Waals surface area contributed by atoms with E-state index in [0.29, 0.717) is 0 Å². The molecule has 0 saturated heterocycles. The van der Waals surface area contributed by atoms with Crippen LogP contribution >= 0.6 is 0 Å². The fourth-order valence-corrected chi connectivity index (χ4v) is 10.3. The van der Waals surface area contributed by atoms with Gasteiger partial charge in [0.1, 0.15) is 11.2 Å². The van der Waals surface area contributed by atoms with Crippen LogP contribution in [-0.4, -0.2) is 4.57 Å². The molecule has 0 saturated carbocycles. The highest BCUT2D eigenvalue weighted by atomic mass is 16.3. The normalized spacial score (nSPS) is 11.5. The van der Waals surface area contributed by atoms with Gasteiger partial charge in [0.15, 0.2) is 0 Å². The van der Waals surface area contributed by atoms with E-state index in [4.69, 9.17) is 4.42 Å². The van der Waals surface area contributed by atoms with Gasteiger partial charge in [-0.15, -0.1) is 0 Å². The van der Waals surface area contributed by atoms with E-state index in [1.54, 1.807) is 0 Å². The van der Waals surface area contributed by atoms with Gasteiger partial charge in [-0.05, 0) is 117 Å². The molecule has 3 heteroatoms. The van der Waals surface area contributed by atoms with Gasteiger partial charge in [0, 0.05) is 44.2 Å². The van der Waals surface area contributed by atoms with Crippen molar-refractivity contribution < 1.29 is 4.42 Å². The molecular formula is C66H44N2O. The summed E-state index contributed by atoms with van der Waals surface area (Å²) in [6.07, 6.45) is 0. The Morgan fingerprint density at radius 3 is 1.51 bits per heavy atom. The summed E-state index contributed by atoms with van der Waals surface area (Å²) in [7, 11) is 0. The zero-order chi connectivity index (χ0) is 45.7. The lowest BCUT2D eigenvalue weighted by molar-refractivity contribution is 0.669. The number of furan rings is 1. The van der Waals surface area contributed by atoms with Crippen molar-refractivity contribution in [2.24, 2.45) is 0 Å². The Bertz CT molecular complexity index is 3940. The Hall–Kier alpha value is -9.18. The van der Waals surface area contributed by atoms with Crippen LogP contribution in [0.25, 0.3) is 105 Å². The Labute approximate surface area is 401 Å². The summed E-state index contributed by atoms with van der Waals surface area (Å²) in [5, 5.41) is 4.77. The minimum Gasteiger partial charge on any atom is -0.456 e. The number of nitrogens with zero attached hydrogens (tertiary/aromatic N) is 2. The third kappa shape index (κ3) is 7.16. The molecule has 0 spiro atoms. The SMILES string of the molecule is c1ccc(-c2ccc(-c3ccccc3N(c3ccc(-c4ccc(-c5cccc(-n6c7ccccc7c7ccccc76)c5)cc4)cc3)c3cccc(-c4cccc5oc6ccccc6c45)c3)cc2)cc1. The molecule has 0 bridgehead atoms. The van der Waals surface area contributed by atoms with Crippen LogP contribution in [0, 0.1) is 0 Å². The number of rotatable bonds is 9. The van der Waals surface area contributed by atoms with E-state index in [1.807, 2.05) is 12.1 Å². The third-order valence-electron chi connectivity index (χ3n) is 13.6. The number of benzene rings is 11. The summed E-state index contributed by atoms with van der Waals surface area (Å²) in [6, 6.07) is 96.1. The van der Waals surface area contributed by atoms with E-state index < -0.39 is 0 Å². The van der Waals surface area contributed by atoms with Crippen molar-refractivity contribution in [3.05, 3.63) is 267 Å². The Kier molecular flexibility index (Phi) is 9.84. The summed E-state index contributed by atoms with van der Waals surface area (Å²) in [5.74, 6) is 0. The lowest BCUT2D eigenvalue weighted by Crippen LogP contribution is -2.11. The molecule has 0 atom stereocenters. The fourth-order valence-electron chi connectivity index (χ4n) is 10.3. The van der Waals surface area contributed by atoms with E-state index in [-0.39, 0.29) is 0 Å². The average molecular weight is 881 g/mol. The number of para-hydroxylation sites is 4. The van der Waals surface area contributed by atoms with Gasteiger partial charge in [0.25, 0.3) is 0 Å². The monoisotopic (exact) mass is 880 g/mol. The van der Waals surface area contributed by atoms with Gasteiger partial charge in [0.05, 0.1) is 16.7 Å². The Morgan fingerprint density at radius 2 is 0.783 bits per heavy atom. The van der Waals surface area contributed by atoms with Gasteiger partial charge in [-0.2, -0.15) is 0 Å². The van der Waals surface area contributed by atoms with Crippen LogP contribution in [0.2, 0.25) is 0 Å². The standard InChI is InChI=1S/C66H44N2O/c1-2-15-45(16-3-1)46-35-37-50(38-36-46)56-21-4-8-26-61(56)67(54-19-13-18-52(44-54)57-25-14-30-65-66(57)60-24-7-11-29-64(60)69-65)53-41-39-48(40-42-53)47-31-33-49(34-32-47)51-17-12-20-55(43-51)68-62-27-9-5-22-58(62)59-23-6-10-28-63(59)68/h1-44H. The molecule has 0 aliphatic rings. The molecule has 0 fully saturated rings. The van der Waals surface area contributed by atoms with E-state index in [2.05, 4.69) is 264 Å². The number of hydrogen-bond donors (Lipinski definition) is 0. The van der Waals surface area contributed by atoms with Crippen molar-refractivity contribution in [3.8, 4) is 61.3 Å². The Morgan fingerprint density at radius 1 is 0.290 bits per heavy atom. The first-order valence-electron chi connectivity index (χ1n) is 23.6. The van der Waals surface area contributed by atoms with Crippen molar-refractivity contribution in [2.75, 3.05) is 4.90 Å². The molecule has 11 aromatic carbocycles. The number of fused-ring (bicyclic) bond motifs is 6. The first kappa shape index (κ1) is 40.1. The van der Waals surface area contributed by atoms with Gasteiger partial charge < -0.3 is 13.9 Å². The minimum absolute atomic E-state index is 0.886. The van der Waals surface area contributed by atoms with Crippen molar-refractivity contribution in [1.29, 1.82) is 0 Å². The predicted octanol–water partition coefficient (Wildman–Crippen LogP) is 18.5. The van der Waals surface area contributed by atoms with Crippen LogP contribution < -0.4 is 4.90 Å². The maximum absolute atomic E-state index is 6.34. The van der Waals surface area contributed by atoms with Gasteiger partial charge in [0.2, 0.25) is 0 Å². The fraction of sp³-hybridized carbons (Fsp3) is 0. The Balaban J connectivity index is 0.873. The third-order valence-corrected chi connectivity index (χ3v) is 13.6. The lowest BCUT2D eigenvalue weighted by Gasteiger charge is -2.28. The second-order valence-electron chi connectivity index (χ2n) is 17.7. The summed E-state index contributed by atoms with van der Waals surface area (Å²) in [4.78, 5) is 2.40. The zero-order valence-corrected chi connectivity index (χ0v) is 37.7. The number of anilines is 3. The molecule has 0 amide bonds. The second kappa shape index (κ2) is 16.9. The van der Waals surface area contributed by atoms with Gasteiger partial charge in [-0.1, -0.05) is 200 Å². The molecule has 0 radical (unpaired) electrons. The molecule has 69 heavy (non-hydrogen) atoms. The highest BCUT2D eigenvalue weighted by Crippen LogP contribution is 2.44. The molecule has 3 nitrogen and oxygen atoms in total.